The zero-order valence-corrected chi connectivity index (χ0v) is 14.0. The van der Waals surface area contributed by atoms with E-state index in [1.54, 1.807) is 6.07 Å². The van der Waals surface area contributed by atoms with Crippen molar-refractivity contribution in [3.8, 4) is 0 Å². The van der Waals surface area contributed by atoms with E-state index >= 15 is 0 Å². The molecule has 0 saturated heterocycles. The molecule has 116 valence electrons. The van der Waals surface area contributed by atoms with E-state index in [2.05, 4.69) is 30.8 Å². The highest BCUT2D eigenvalue weighted by Crippen LogP contribution is 2.24. The summed E-state index contributed by atoms with van der Waals surface area (Å²) in [6.45, 7) is 5.90. The lowest BCUT2D eigenvalue weighted by atomic mass is 10.3. The van der Waals surface area contributed by atoms with Gasteiger partial charge in [-0.15, -0.1) is 11.6 Å². The Hall–Kier alpha value is -0.840. The van der Waals surface area contributed by atoms with Crippen LogP contribution in [-0.2, 0) is 13.0 Å². The minimum Gasteiger partial charge on any atom is -0.327 e. The average Bonchev–Trinajstić information content (AvgIpc) is 2.74. The summed E-state index contributed by atoms with van der Waals surface area (Å²) >= 11 is 11.7. The largest absolute Gasteiger partial charge is 0.327 e. The molecule has 0 spiro atoms. The molecule has 0 saturated carbocycles. The number of fused-ring (bicyclic) bond motifs is 1. The Bertz CT molecular complexity index is 625. The van der Waals surface area contributed by atoms with Crippen LogP contribution in [0, 0.1) is 5.82 Å². The summed E-state index contributed by atoms with van der Waals surface area (Å²) in [6.07, 6.45) is 0.654. The molecule has 0 bridgehead atoms. The lowest BCUT2D eigenvalue weighted by Gasteiger charge is -2.21. The van der Waals surface area contributed by atoms with Crippen molar-refractivity contribution in [2.75, 3.05) is 19.5 Å². The third-order valence-corrected chi connectivity index (χ3v) is 4.22. The monoisotopic (exact) mass is 331 g/mol. The second-order valence-corrected chi connectivity index (χ2v) is 6.23. The van der Waals surface area contributed by atoms with Crippen molar-refractivity contribution in [2.45, 2.75) is 32.9 Å². The normalized spacial score (nSPS) is 12.0. The maximum absolute atomic E-state index is 13.7. The number of rotatable bonds is 6. The van der Waals surface area contributed by atoms with Crippen LogP contribution < -0.4 is 0 Å². The van der Waals surface area contributed by atoms with E-state index in [0.717, 1.165) is 24.4 Å². The molecule has 0 atom stereocenters. The highest BCUT2D eigenvalue weighted by molar-refractivity contribution is 6.31. The number of imidazole rings is 1. The minimum absolute atomic E-state index is 0.101. The summed E-state index contributed by atoms with van der Waals surface area (Å²) in [7, 11) is 2.07. The zero-order chi connectivity index (χ0) is 15.6. The first-order valence-corrected chi connectivity index (χ1v) is 7.95. The summed E-state index contributed by atoms with van der Waals surface area (Å²) in [4.78, 5) is 6.77. The van der Waals surface area contributed by atoms with E-state index in [1.807, 2.05) is 4.57 Å². The van der Waals surface area contributed by atoms with Gasteiger partial charge in [0, 0.05) is 37.5 Å². The second kappa shape index (κ2) is 6.95. The van der Waals surface area contributed by atoms with Crippen molar-refractivity contribution in [1.29, 1.82) is 0 Å². The fraction of sp³-hybridized carbons (Fsp3) is 0.533. The van der Waals surface area contributed by atoms with Gasteiger partial charge in [0.2, 0.25) is 0 Å². The maximum atomic E-state index is 13.7. The summed E-state index contributed by atoms with van der Waals surface area (Å²) in [5.74, 6) is 0.943. The first-order valence-electron chi connectivity index (χ1n) is 7.04. The van der Waals surface area contributed by atoms with E-state index < -0.39 is 5.82 Å². The molecular formula is C15H20Cl2FN3. The smallest absolute Gasteiger partial charge is 0.144 e. The lowest BCUT2D eigenvalue weighted by molar-refractivity contribution is 0.263. The number of aromatic nitrogens is 2. The molecule has 1 heterocycles. The molecule has 1 aromatic carbocycles. The summed E-state index contributed by atoms with van der Waals surface area (Å²) in [5, 5.41) is 0.101. The van der Waals surface area contributed by atoms with Gasteiger partial charge in [-0.05, 0) is 27.0 Å². The number of hydrogen-bond donors (Lipinski definition) is 0. The van der Waals surface area contributed by atoms with Gasteiger partial charge in [0.05, 0.1) is 16.1 Å². The van der Waals surface area contributed by atoms with Gasteiger partial charge >= 0.3 is 0 Å². The molecule has 21 heavy (non-hydrogen) atoms. The molecule has 0 fully saturated rings. The topological polar surface area (TPSA) is 21.1 Å². The van der Waals surface area contributed by atoms with Crippen LogP contribution in [0.2, 0.25) is 5.02 Å². The predicted octanol–water partition coefficient (Wildman–Crippen LogP) is 3.95. The molecule has 0 aliphatic heterocycles. The van der Waals surface area contributed by atoms with Crippen molar-refractivity contribution < 1.29 is 4.39 Å². The fourth-order valence-electron chi connectivity index (χ4n) is 2.21. The summed E-state index contributed by atoms with van der Waals surface area (Å²) < 4.78 is 15.8. The van der Waals surface area contributed by atoms with Crippen LogP contribution in [0.5, 0.6) is 0 Å². The molecule has 2 rings (SSSR count). The van der Waals surface area contributed by atoms with Crippen LogP contribution in [0.1, 0.15) is 19.7 Å². The minimum atomic E-state index is -0.417. The van der Waals surface area contributed by atoms with Gasteiger partial charge in [0.1, 0.15) is 11.6 Å². The van der Waals surface area contributed by atoms with Crippen molar-refractivity contribution in [3.05, 3.63) is 28.8 Å². The van der Waals surface area contributed by atoms with Gasteiger partial charge in [-0.2, -0.15) is 0 Å². The zero-order valence-electron chi connectivity index (χ0n) is 12.5. The molecule has 0 aliphatic carbocycles. The quantitative estimate of drug-likeness (QED) is 0.747. The number of halogens is 3. The number of nitrogens with zero attached hydrogens (tertiary/aromatic N) is 3. The Balaban J connectivity index is 2.38. The Morgan fingerprint density at radius 3 is 2.71 bits per heavy atom. The maximum Gasteiger partial charge on any atom is 0.144 e. The average molecular weight is 332 g/mol. The van der Waals surface area contributed by atoms with Crippen LogP contribution in [0.15, 0.2) is 12.1 Å². The summed E-state index contributed by atoms with van der Waals surface area (Å²) in [6, 6.07) is 3.49. The molecule has 3 nitrogen and oxygen atoms in total. The van der Waals surface area contributed by atoms with Crippen LogP contribution in [0.4, 0.5) is 4.39 Å². The van der Waals surface area contributed by atoms with Gasteiger partial charge in [0.15, 0.2) is 0 Å². The Labute approximate surface area is 134 Å². The first kappa shape index (κ1) is 16.5. The molecule has 1 aromatic heterocycles. The number of aryl methyl sites for hydroxylation is 1. The molecule has 0 unspecified atom stereocenters. The summed E-state index contributed by atoms with van der Waals surface area (Å²) in [5.41, 5.74) is 1.49. The van der Waals surface area contributed by atoms with Crippen LogP contribution in [-0.4, -0.2) is 40.0 Å². The number of alkyl halides is 1. The van der Waals surface area contributed by atoms with Crippen molar-refractivity contribution >= 4 is 34.2 Å². The molecule has 0 amide bonds. The van der Waals surface area contributed by atoms with Crippen LogP contribution in [0.3, 0.4) is 0 Å². The lowest BCUT2D eigenvalue weighted by Crippen LogP contribution is -2.30. The van der Waals surface area contributed by atoms with E-state index in [0.29, 0.717) is 23.9 Å². The molecule has 2 aromatic rings. The Morgan fingerprint density at radius 1 is 1.38 bits per heavy atom. The number of likely N-dealkylation sites (N-methyl/N-ethyl adjacent to an activating group) is 1. The Morgan fingerprint density at radius 2 is 2.10 bits per heavy atom. The van der Waals surface area contributed by atoms with Gasteiger partial charge in [0.25, 0.3) is 0 Å². The van der Waals surface area contributed by atoms with Crippen molar-refractivity contribution in [3.63, 3.8) is 0 Å². The molecule has 0 N–H and O–H groups in total. The van der Waals surface area contributed by atoms with E-state index in [9.17, 15) is 4.39 Å². The van der Waals surface area contributed by atoms with Gasteiger partial charge < -0.3 is 9.47 Å². The highest BCUT2D eigenvalue weighted by Gasteiger charge is 2.14. The first-order chi connectivity index (χ1) is 9.93. The van der Waals surface area contributed by atoms with Gasteiger partial charge in [-0.3, -0.25) is 0 Å². The van der Waals surface area contributed by atoms with Crippen molar-refractivity contribution in [2.24, 2.45) is 0 Å². The SMILES string of the molecule is CC(C)N(C)CCn1c(CCCl)nc2cc(Cl)c(F)cc21. The Kier molecular flexibility index (Phi) is 5.47. The standard InChI is InChI=1S/C15H20Cl2FN3/c1-10(2)20(3)6-7-21-14-9-12(18)11(17)8-13(14)19-15(21)4-5-16/h8-10H,4-7H2,1-3H3. The molecule has 0 radical (unpaired) electrons. The van der Waals surface area contributed by atoms with E-state index in [-0.39, 0.29) is 5.02 Å². The molecular weight excluding hydrogens is 312 g/mol. The number of hydrogen-bond acceptors (Lipinski definition) is 2. The fourth-order valence-corrected chi connectivity index (χ4v) is 2.54. The predicted molar refractivity (Wildman–Crippen MR) is 86.9 cm³/mol. The van der Waals surface area contributed by atoms with Crippen LogP contribution in [0.25, 0.3) is 11.0 Å². The van der Waals surface area contributed by atoms with E-state index in [4.69, 9.17) is 23.2 Å². The number of benzene rings is 1. The van der Waals surface area contributed by atoms with Crippen LogP contribution >= 0.6 is 23.2 Å². The third kappa shape index (κ3) is 3.68. The van der Waals surface area contributed by atoms with Crippen molar-refractivity contribution in [1.82, 2.24) is 14.5 Å². The molecule has 6 heteroatoms. The molecule has 0 aliphatic rings. The third-order valence-electron chi connectivity index (χ3n) is 3.75. The highest BCUT2D eigenvalue weighted by atomic mass is 35.5. The van der Waals surface area contributed by atoms with E-state index in [1.165, 1.54) is 6.07 Å². The van der Waals surface area contributed by atoms with Gasteiger partial charge in [-0.25, -0.2) is 9.37 Å². The van der Waals surface area contributed by atoms with Gasteiger partial charge in [-0.1, -0.05) is 11.6 Å². The second-order valence-electron chi connectivity index (χ2n) is 5.45.